The minimum atomic E-state index is -1.30. The van der Waals surface area contributed by atoms with E-state index in [2.05, 4.69) is 42.5 Å². The quantitative estimate of drug-likeness (QED) is 0.0236. The van der Waals surface area contributed by atoms with Crippen LogP contribution in [-0.4, -0.2) is 314 Å². The number of unbranched alkanes of at least 4 members (excludes halogenated alkanes) is 12. The van der Waals surface area contributed by atoms with Crippen LogP contribution in [0.1, 0.15) is 231 Å². The number of rotatable bonds is 62. The van der Waals surface area contributed by atoms with Crippen LogP contribution in [-0.2, 0) is 172 Å². The topological polar surface area (TPSA) is 590 Å². The van der Waals surface area contributed by atoms with Crippen molar-refractivity contribution in [2.45, 2.75) is 341 Å². The van der Waals surface area contributed by atoms with Crippen molar-refractivity contribution in [2.24, 2.45) is 5.92 Å². The molecule has 0 spiro atoms. The minimum absolute atomic E-state index is 0.0799. The molecule has 4 aliphatic rings. The lowest BCUT2D eigenvalue weighted by Gasteiger charge is -2.44. The normalized spacial score (nSPS) is 24.4. The highest BCUT2D eigenvalue weighted by Crippen LogP contribution is 2.35. The number of ether oxygens (including phenoxy) is 18. The number of carbonyl (C=O) groups is 18. The number of carbonyl (C=O) groups excluding carboxylic acids is 17. The molecule has 17 atom stereocenters. The summed E-state index contributed by atoms with van der Waals surface area (Å²) in [5.41, 5.74) is 0. The van der Waals surface area contributed by atoms with E-state index in [0.717, 1.165) is 41.5 Å². The zero-order valence-corrected chi connectivity index (χ0v) is 77.3. The van der Waals surface area contributed by atoms with Crippen molar-refractivity contribution in [3.63, 3.8) is 0 Å². The van der Waals surface area contributed by atoms with E-state index < -0.39 is 213 Å². The van der Waals surface area contributed by atoms with Gasteiger partial charge in [-0.05, 0) is 64.2 Å². The summed E-state index contributed by atoms with van der Waals surface area (Å²) in [7, 11) is 0. The number of hydrogen-bond acceptors (Lipinski definition) is 36. The molecule has 0 aromatic heterocycles. The van der Waals surface area contributed by atoms with Gasteiger partial charge in [-0.15, -0.1) is 0 Å². The first-order valence-corrected chi connectivity index (χ1v) is 44.8. The van der Waals surface area contributed by atoms with Gasteiger partial charge in [-0.2, -0.15) is 0 Å². The van der Waals surface area contributed by atoms with Crippen molar-refractivity contribution in [3.8, 4) is 0 Å². The zero-order chi connectivity index (χ0) is 96.9. The van der Waals surface area contributed by atoms with Crippen LogP contribution in [0.4, 0.5) is 0 Å². The molecule has 0 unspecified atom stereocenters. The summed E-state index contributed by atoms with van der Waals surface area (Å²) in [6.07, 6.45) is -9.10. The second-order valence-electron chi connectivity index (χ2n) is 32.1. The third kappa shape index (κ3) is 47.3. The first kappa shape index (κ1) is 113. The van der Waals surface area contributed by atoms with Gasteiger partial charge in [0.05, 0.1) is 38.4 Å². The Hall–Kier alpha value is -9.90. The van der Waals surface area contributed by atoms with Crippen LogP contribution >= 0.6 is 0 Å². The summed E-state index contributed by atoms with van der Waals surface area (Å²) in [4.78, 5) is 224. The Labute approximate surface area is 762 Å². The van der Waals surface area contributed by atoms with E-state index in [0.29, 0.717) is 109 Å². The van der Waals surface area contributed by atoms with E-state index in [1.165, 1.54) is 41.5 Å². The Morgan fingerprint density at radius 2 is 0.534 bits per heavy atom. The van der Waals surface area contributed by atoms with E-state index in [-0.39, 0.29) is 140 Å². The Morgan fingerprint density at radius 1 is 0.275 bits per heavy atom. The third-order valence-electron chi connectivity index (χ3n) is 20.6. The average Bonchev–Trinajstić information content (AvgIpc) is 0.794. The van der Waals surface area contributed by atoms with E-state index in [9.17, 15) is 86.3 Å². The number of hydrogen-bond donors (Lipinski definition) is 9. The predicted octanol–water partition coefficient (Wildman–Crippen LogP) is 1.43. The van der Waals surface area contributed by atoms with E-state index >= 15 is 0 Å². The molecule has 131 heavy (non-hydrogen) atoms. The molecular formula is C86H138N8O37. The van der Waals surface area contributed by atoms with Gasteiger partial charge in [0.2, 0.25) is 47.3 Å². The molecule has 45 heteroatoms. The fourth-order valence-electron chi connectivity index (χ4n) is 14.9. The van der Waals surface area contributed by atoms with Gasteiger partial charge in [0.15, 0.2) is 55.5 Å². The lowest BCUT2D eigenvalue weighted by Crippen LogP contribution is -2.66. The number of carboxylic acid groups (broad SMARTS) is 1. The van der Waals surface area contributed by atoms with E-state index in [1.807, 2.05) is 0 Å². The van der Waals surface area contributed by atoms with Crippen molar-refractivity contribution in [2.75, 3.05) is 92.2 Å². The van der Waals surface area contributed by atoms with Crippen LogP contribution in [0, 0.1) is 5.92 Å². The van der Waals surface area contributed by atoms with Gasteiger partial charge in [-0.3, -0.25) is 86.3 Å². The molecule has 45 nitrogen and oxygen atoms in total. The lowest BCUT2D eigenvalue weighted by molar-refractivity contribution is -0.277. The SMILES string of the molecule is CC(=O)N[C@H]1[C@H](OCCCCCCNC(=O)CCOC2[C@H](OCCC(=O)NCCCCCCO[C@@H]3O[C@H](COC(C)=O)[C@H](OC(C)=O)[C@H](OC(C)=O)[C@H]3NC(C)=O)CC(C(=O)NCCCCCCNC(=O)CCC(=O)O)C[C@H]2OCCC(=O)NCCCCCCO[C@@H]2O[C@H](COC(C)=O)[C@H](OC(C)=O)[C@H](OC(C)=O)[C@H]2NC(C)=O)O[C@H](COC(C)=O)[C@H](OC(C)=O)[C@@H]1OC(C)=O. The molecule has 744 valence electrons. The van der Waals surface area contributed by atoms with Crippen LogP contribution in [0.2, 0.25) is 0 Å². The number of esters is 9. The summed E-state index contributed by atoms with van der Waals surface area (Å²) in [5.74, 6) is -11.7. The summed E-state index contributed by atoms with van der Waals surface area (Å²) in [5, 5.41) is 31.3. The molecule has 0 aromatic carbocycles. The third-order valence-corrected chi connectivity index (χ3v) is 20.6. The summed E-state index contributed by atoms with van der Waals surface area (Å²) in [6, 6.07) is -3.44. The van der Waals surface area contributed by atoms with Crippen molar-refractivity contribution in [1.82, 2.24) is 42.5 Å². The summed E-state index contributed by atoms with van der Waals surface area (Å²) < 4.78 is 105. The summed E-state index contributed by atoms with van der Waals surface area (Å²) in [6.45, 7) is 14.0. The molecule has 0 aromatic rings. The van der Waals surface area contributed by atoms with E-state index in [1.54, 1.807) is 0 Å². The number of amides is 8. The molecule has 4 fully saturated rings. The van der Waals surface area contributed by atoms with Gasteiger partial charge in [-0.1, -0.05) is 51.4 Å². The van der Waals surface area contributed by atoms with Gasteiger partial charge in [-0.25, -0.2) is 0 Å². The molecule has 0 radical (unpaired) electrons. The van der Waals surface area contributed by atoms with Crippen molar-refractivity contribution in [1.29, 1.82) is 0 Å². The fraction of sp³-hybridized carbons (Fsp3) is 0.791. The van der Waals surface area contributed by atoms with Crippen molar-refractivity contribution < 1.29 is 177 Å². The smallest absolute Gasteiger partial charge is 0.303 e. The maximum absolute atomic E-state index is 14.3. The molecule has 3 aliphatic heterocycles. The molecule has 8 amide bonds. The molecule has 4 rings (SSSR count). The second-order valence-corrected chi connectivity index (χ2v) is 32.1. The van der Waals surface area contributed by atoms with E-state index in [4.69, 9.17) is 90.4 Å². The summed E-state index contributed by atoms with van der Waals surface area (Å²) >= 11 is 0. The highest BCUT2D eigenvalue weighted by molar-refractivity contribution is 5.81. The Morgan fingerprint density at radius 3 is 0.802 bits per heavy atom. The van der Waals surface area contributed by atoms with Gasteiger partial charge < -0.3 is 133 Å². The highest BCUT2D eigenvalue weighted by Gasteiger charge is 2.55. The Bertz CT molecular complexity index is 3520. The molecule has 3 saturated heterocycles. The highest BCUT2D eigenvalue weighted by atomic mass is 16.7. The maximum Gasteiger partial charge on any atom is 0.303 e. The molecule has 1 aliphatic carbocycles. The zero-order valence-electron chi connectivity index (χ0n) is 77.3. The Balaban J connectivity index is 1.45. The predicted molar refractivity (Wildman–Crippen MR) is 451 cm³/mol. The average molecular weight is 1880 g/mol. The van der Waals surface area contributed by atoms with Crippen molar-refractivity contribution >= 4 is 107 Å². The fourth-order valence-corrected chi connectivity index (χ4v) is 14.9. The van der Waals surface area contributed by atoms with Crippen molar-refractivity contribution in [3.05, 3.63) is 0 Å². The first-order valence-electron chi connectivity index (χ1n) is 44.8. The maximum atomic E-state index is 14.3. The second kappa shape index (κ2) is 63.3. The van der Waals surface area contributed by atoms with Gasteiger partial charge in [0.1, 0.15) is 62.4 Å². The standard InChI is InChI=1S/C86H138N8O37/c1-50(95)92-73-80(126-59(10)104)77(123-56(7)101)65(47-120-53(4)98)129-84(73)117-39-26-18-15-22-35-88-69(108)31-42-114-63-45-62(83(113)91-38-25-14-13-21-34-87-68(107)29-30-72(111)112)46-64(115-43-32-70(109)89-36-23-16-19-27-40-118-85-74(93-51(2)96)81(127-60(11)105)78(124-57(8)102)66(130-85)48-121-54(5)99)76(63)116-44-33-71(110)90-37-24-17-20-28-41-119-86-75(94-52(3)97)82(128-61(12)106)79(125-58(9)103)67(131-86)49-122-55(6)100/h62-67,73-82,84-86H,13-49H2,1-12H3,(H,87,107)(H,88,108)(H,89,109)(H,90,110)(H,91,113)(H,92,95)(H,93,96)(H,94,97)(H,111,112)/t62?,63-,64-,65-,66-,67-,73-,74-,75-,76?,77+,78+,79+,80-,81-,82-,84-,85-,86-/m1/s1. The van der Waals surface area contributed by atoms with Gasteiger partial charge in [0, 0.05) is 167 Å². The van der Waals surface area contributed by atoms with Crippen LogP contribution in [0.3, 0.4) is 0 Å². The van der Waals surface area contributed by atoms with Crippen LogP contribution < -0.4 is 42.5 Å². The van der Waals surface area contributed by atoms with Crippen LogP contribution in [0.5, 0.6) is 0 Å². The number of nitrogens with one attached hydrogen (secondary N) is 8. The van der Waals surface area contributed by atoms with Gasteiger partial charge >= 0.3 is 59.7 Å². The largest absolute Gasteiger partial charge is 0.481 e. The number of aliphatic carboxylic acids is 1. The Kier molecular flexibility index (Phi) is 54.8. The monoisotopic (exact) mass is 1870 g/mol. The first-order chi connectivity index (χ1) is 62.3. The van der Waals surface area contributed by atoms with Crippen LogP contribution in [0.15, 0.2) is 0 Å². The molecular weight excluding hydrogens is 1740 g/mol. The molecule has 1 saturated carbocycles. The van der Waals surface area contributed by atoms with Gasteiger partial charge in [0.25, 0.3) is 0 Å². The molecule has 3 heterocycles. The number of carboxylic acids is 1. The lowest BCUT2D eigenvalue weighted by atomic mass is 9.82. The van der Waals surface area contributed by atoms with Crippen LogP contribution in [0.25, 0.3) is 0 Å². The molecule has 0 bridgehead atoms. The minimum Gasteiger partial charge on any atom is -0.481 e. The molecule has 9 N–H and O–H groups in total.